The Bertz CT molecular complexity index is 1050. The van der Waals surface area contributed by atoms with Crippen LogP contribution in [0, 0.1) is 17.5 Å². The van der Waals surface area contributed by atoms with E-state index < -0.39 is 17.5 Å². The molecule has 0 aromatic heterocycles. The summed E-state index contributed by atoms with van der Waals surface area (Å²) < 4.78 is 40.6. The molecule has 0 atom stereocenters. The molecule has 2 aliphatic rings. The van der Waals surface area contributed by atoms with Crippen LogP contribution in [0.2, 0.25) is 0 Å². The van der Waals surface area contributed by atoms with E-state index in [1.165, 1.54) is 24.3 Å². The van der Waals surface area contributed by atoms with Gasteiger partial charge in [0.2, 0.25) is 0 Å². The van der Waals surface area contributed by atoms with Gasteiger partial charge in [-0.2, -0.15) is 0 Å². The fourth-order valence-corrected chi connectivity index (χ4v) is 4.28. The predicted molar refractivity (Wildman–Crippen MR) is 119 cm³/mol. The Hall–Kier alpha value is -3.29. The number of rotatable bonds is 3. The lowest BCUT2D eigenvalue weighted by Crippen LogP contribution is -2.51. The average Bonchev–Trinajstić information content (AvgIpc) is 2.82. The van der Waals surface area contributed by atoms with Gasteiger partial charge in [-0.1, -0.05) is 17.7 Å². The van der Waals surface area contributed by atoms with Crippen molar-refractivity contribution >= 4 is 18.0 Å². The van der Waals surface area contributed by atoms with Crippen LogP contribution in [0.25, 0.3) is 6.08 Å². The number of hydrogen-bond donors (Lipinski definition) is 1. The van der Waals surface area contributed by atoms with E-state index in [1.54, 1.807) is 21.9 Å². The monoisotopic (exact) mass is 457 g/mol. The van der Waals surface area contributed by atoms with Gasteiger partial charge in [0.1, 0.15) is 17.5 Å². The van der Waals surface area contributed by atoms with Gasteiger partial charge in [0.15, 0.2) is 0 Å². The fraction of sp³-hybridized carbons (Fsp3) is 0.360. The second-order valence-electron chi connectivity index (χ2n) is 8.48. The number of halogens is 3. The highest BCUT2D eigenvalue weighted by Gasteiger charge is 2.27. The van der Waals surface area contributed by atoms with E-state index in [0.29, 0.717) is 57.4 Å². The van der Waals surface area contributed by atoms with Gasteiger partial charge in [-0.25, -0.2) is 18.0 Å². The molecule has 1 N–H and O–H groups in total. The van der Waals surface area contributed by atoms with Gasteiger partial charge in [0, 0.05) is 43.3 Å². The molecule has 5 nitrogen and oxygen atoms in total. The smallest absolute Gasteiger partial charge is 0.317 e. The highest BCUT2D eigenvalue weighted by Crippen LogP contribution is 2.22. The van der Waals surface area contributed by atoms with Gasteiger partial charge in [-0.05, 0) is 62.1 Å². The highest BCUT2D eigenvalue weighted by molar-refractivity contribution is 5.94. The van der Waals surface area contributed by atoms with Crippen molar-refractivity contribution in [1.82, 2.24) is 15.1 Å². The number of urea groups is 1. The third-order valence-corrected chi connectivity index (χ3v) is 6.19. The van der Waals surface area contributed by atoms with Crippen molar-refractivity contribution in [2.24, 2.45) is 0 Å². The van der Waals surface area contributed by atoms with Crippen molar-refractivity contribution < 1.29 is 22.8 Å². The van der Waals surface area contributed by atoms with E-state index in [2.05, 4.69) is 5.32 Å². The molecule has 0 unspecified atom stereocenters. The van der Waals surface area contributed by atoms with Crippen molar-refractivity contribution in [3.8, 4) is 0 Å². The molecule has 33 heavy (non-hydrogen) atoms. The maximum atomic E-state index is 13.9. The van der Waals surface area contributed by atoms with Crippen LogP contribution in [0.1, 0.15) is 41.6 Å². The van der Waals surface area contributed by atoms with E-state index in [4.69, 9.17) is 0 Å². The van der Waals surface area contributed by atoms with E-state index in [0.717, 1.165) is 17.7 Å². The Kier molecular flexibility index (Phi) is 7.01. The molecule has 2 saturated heterocycles. The lowest BCUT2D eigenvalue weighted by atomic mass is 10.0. The minimum atomic E-state index is -0.483. The molecular weight excluding hydrogens is 431 g/mol. The number of hydrogen-bond acceptors (Lipinski definition) is 2. The molecule has 0 aliphatic carbocycles. The average molecular weight is 457 g/mol. The Balaban J connectivity index is 1.24. The minimum absolute atomic E-state index is 0.0348. The van der Waals surface area contributed by atoms with Gasteiger partial charge >= 0.3 is 6.03 Å². The number of piperidine rings is 2. The Morgan fingerprint density at radius 3 is 2.27 bits per heavy atom. The van der Waals surface area contributed by atoms with Crippen LogP contribution < -0.4 is 5.32 Å². The van der Waals surface area contributed by atoms with Gasteiger partial charge in [0.25, 0.3) is 5.91 Å². The first kappa shape index (κ1) is 22.9. The maximum Gasteiger partial charge on any atom is 0.317 e. The fourth-order valence-electron chi connectivity index (χ4n) is 4.28. The molecule has 0 spiro atoms. The zero-order valence-electron chi connectivity index (χ0n) is 18.2. The van der Waals surface area contributed by atoms with Crippen molar-refractivity contribution in [2.45, 2.75) is 31.7 Å². The summed E-state index contributed by atoms with van der Waals surface area (Å²) in [4.78, 5) is 28.6. The van der Waals surface area contributed by atoms with Crippen LogP contribution in [-0.2, 0) is 0 Å². The molecule has 8 heteroatoms. The topological polar surface area (TPSA) is 52.7 Å². The van der Waals surface area contributed by atoms with Gasteiger partial charge in [0.05, 0.1) is 0 Å². The molecule has 2 aliphatic heterocycles. The number of benzene rings is 2. The third kappa shape index (κ3) is 5.74. The summed E-state index contributed by atoms with van der Waals surface area (Å²) in [5, 5.41) is 3.04. The summed E-state index contributed by atoms with van der Waals surface area (Å²) in [7, 11) is 0. The lowest BCUT2D eigenvalue weighted by Gasteiger charge is -2.35. The SMILES string of the molecule is O=C(NC1CCN(C(=O)c2cccc(F)c2)CC1)N1CCC(=Cc2cc(F)ccc2F)CC1. The van der Waals surface area contributed by atoms with Gasteiger partial charge in [-0.15, -0.1) is 0 Å². The summed E-state index contributed by atoms with van der Waals surface area (Å²) in [5.41, 5.74) is 1.53. The van der Waals surface area contributed by atoms with Crippen LogP contribution in [0.15, 0.2) is 48.0 Å². The minimum Gasteiger partial charge on any atom is -0.338 e. The van der Waals surface area contributed by atoms with E-state index in [9.17, 15) is 22.8 Å². The molecule has 4 rings (SSSR count). The normalized spacial score (nSPS) is 17.1. The zero-order valence-corrected chi connectivity index (χ0v) is 18.2. The van der Waals surface area contributed by atoms with Crippen molar-refractivity contribution in [1.29, 1.82) is 0 Å². The van der Waals surface area contributed by atoms with Crippen LogP contribution in [0.4, 0.5) is 18.0 Å². The first-order chi connectivity index (χ1) is 15.9. The summed E-state index contributed by atoms with van der Waals surface area (Å²) >= 11 is 0. The number of amides is 3. The van der Waals surface area contributed by atoms with E-state index >= 15 is 0 Å². The number of nitrogens with one attached hydrogen (secondary N) is 1. The maximum absolute atomic E-state index is 13.9. The second kappa shape index (κ2) is 10.1. The first-order valence-electron chi connectivity index (χ1n) is 11.1. The summed E-state index contributed by atoms with van der Waals surface area (Å²) in [6, 6.07) is 8.84. The summed E-state index contributed by atoms with van der Waals surface area (Å²) in [5.74, 6) is -1.59. The molecule has 2 heterocycles. The molecule has 0 bridgehead atoms. The molecule has 0 radical (unpaired) electrons. The zero-order chi connectivity index (χ0) is 23.4. The molecule has 3 amide bonds. The standard InChI is InChI=1S/C25H26F3N3O2/c26-20-3-1-2-18(15-20)24(32)30-12-8-22(9-13-30)29-25(33)31-10-6-17(7-11-31)14-19-16-21(27)4-5-23(19)28/h1-5,14-16,22H,6-13H2,(H,29,33). The molecule has 2 aromatic rings. The number of likely N-dealkylation sites (tertiary alicyclic amines) is 2. The Morgan fingerprint density at radius 1 is 0.879 bits per heavy atom. The van der Waals surface area contributed by atoms with Crippen LogP contribution in [0.3, 0.4) is 0 Å². The number of nitrogens with zero attached hydrogens (tertiary/aromatic N) is 2. The summed E-state index contributed by atoms with van der Waals surface area (Å²) in [6.07, 6.45) is 4.13. The van der Waals surface area contributed by atoms with E-state index in [-0.39, 0.29) is 23.5 Å². The molecular formula is C25H26F3N3O2. The van der Waals surface area contributed by atoms with Crippen molar-refractivity contribution in [3.05, 3.63) is 76.6 Å². The van der Waals surface area contributed by atoms with Crippen molar-refractivity contribution in [3.63, 3.8) is 0 Å². The summed E-state index contributed by atoms with van der Waals surface area (Å²) in [6.45, 7) is 2.00. The Morgan fingerprint density at radius 2 is 1.58 bits per heavy atom. The van der Waals surface area contributed by atoms with Gasteiger partial charge < -0.3 is 15.1 Å². The molecule has 174 valence electrons. The second-order valence-corrected chi connectivity index (χ2v) is 8.48. The van der Waals surface area contributed by atoms with Crippen LogP contribution in [-0.4, -0.2) is 54.0 Å². The largest absolute Gasteiger partial charge is 0.338 e. The predicted octanol–water partition coefficient (Wildman–Crippen LogP) is 4.60. The number of carbonyl (C=O) groups excluding carboxylic acids is 2. The van der Waals surface area contributed by atoms with Crippen molar-refractivity contribution in [2.75, 3.05) is 26.2 Å². The van der Waals surface area contributed by atoms with Crippen LogP contribution in [0.5, 0.6) is 0 Å². The number of carbonyl (C=O) groups is 2. The van der Waals surface area contributed by atoms with E-state index in [1.807, 2.05) is 0 Å². The highest BCUT2D eigenvalue weighted by atomic mass is 19.1. The molecule has 0 saturated carbocycles. The molecule has 2 fully saturated rings. The quantitative estimate of drug-likeness (QED) is 0.733. The molecule has 2 aromatic carbocycles. The first-order valence-corrected chi connectivity index (χ1v) is 11.1. The van der Waals surface area contributed by atoms with Crippen LogP contribution >= 0.6 is 0 Å². The lowest BCUT2D eigenvalue weighted by molar-refractivity contribution is 0.0705. The van der Waals surface area contributed by atoms with Gasteiger partial charge in [-0.3, -0.25) is 4.79 Å². The third-order valence-electron chi connectivity index (χ3n) is 6.19. The Labute approximate surface area is 190 Å².